The Balaban J connectivity index is 1.64. The van der Waals surface area contributed by atoms with E-state index in [-0.39, 0.29) is 17.3 Å². The summed E-state index contributed by atoms with van der Waals surface area (Å²) in [6.07, 6.45) is 1.48. The maximum atomic E-state index is 12.4. The molecule has 148 valence electrons. The number of fused-ring (bicyclic) bond motifs is 1. The molecule has 0 radical (unpaired) electrons. The van der Waals surface area contributed by atoms with Crippen LogP contribution in [0, 0.1) is 0 Å². The summed E-state index contributed by atoms with van der Waals surface area (Å²) in [5.74, 6) is 0.245. The minimum atomic E-state index is -3.34. The zero-order valence-corrected chi connectivity index (χ0v) is 16.3. The predicted octanol–water partition coefficient (Wildman–Crippen LogP) is 2.61. The van der Waals surface area contributed by atoms with Crippen molar-refractivity contribution in [1.29, 1.82) is 0 Å². The lowest BCUT2D eigenvalue weighted by atomic mass is 10.3. The van der Waals surface area contributed by atoms with Gasteiger partial charge >= 0.3 is 0 Å². The lowest BCUT2D eigenvalue weighted by Gasteiger charge is -2.09. The molecule has 2 heterocycles. The predicted molar refractivity (Wildman–Crippen MR) is 112 cm³/mol. The number of anilines is 3. The van der Waals surface area contributed by atoms with Gasteiger partial charge in [0, 0.05) is 11.4 Å². The van der Waals surface area contributed by atoms with E-state index < -0.39 is 10.0 Å². The van der Waals surface area contributed by atoms with Crippen LogP contribution in [0.2, 0.25) is 0 Å². The first-order valence-electron chi connectivity index (χ1n) is 8.86. The summed E-state index contributed by atoms with van der Waals surface area (Å²) in [5, 5.41) is 7.67. The number of para-hydroxylation sites is 1. The largest absolute Gasteiger partial charge is 0.326 e. The highest BCUT2D eigenvalue weighted by Gasteiger charge is 2.12. The van der Waals surface area contributed by atoms with Gasteiger partial charge in [0.2, 0.25) is 16.0 Å². The fraction of sp³-hybridized carbons (Fsp3) is 0.105. The quantitative estimate of drug-likeness (QED) is 0.449. The molecule has 4 aromatic rings. The van der Waals surface area contributed by atoms with E-state index in [1.165, 1.54) is 6.20 Å². The molecule has 0 spiro atoms. The molecule has 0 aliphatic heterocycles. The molecule has 0 bridgehead atoms. The van der Waals surface area contributed by atoms with Crippen LogP contribution in [0.4, 0.5) is 17.3 Å². The van der Waals surface area contributed by atoms with Crippen LogP contribution in [0.25, 0.3) is 16.7 Å². The molecule has 0 unspecified atom stereocenters. The van der Waals surface area contributed by atoms with E-state index in [1.807, 2.05) is 30.3 Å². The summed E-state index contributed by atoms with van der Waals surface area (Å²) >= 11 is 0. The first-order chi connectivity index (χ1) is 13.9. The average Bonchev–Trinajstić information content (AvgIpc) is 3.14. The van der Waals surface area contributed by atoms with Gasteiger partial charge in [-0.15, -0.1) is 0 Å². The van der Waals surface area contributed by atoms with Crippen molar-refractivity contribution in [3.05, 3.63) is 71.1 Å². The summed E-state index contributed by atoms with van der Waals surface area (Å²) in [6.45, 7) is 1.57. The fourth-order valence-corrected chi connectivity index (χ4v) is 3.39. The molecule has 0 amide bonds. The van der Waals surface area contributed by atoms with Crippen molar-refractivity contribution in [3.8, 4) is 5.69 Å². The van der Waals surface area contributed by atoms with Crippen molar-refractivity contribution in [3.63, 3.8) is 0 Å². The zero-order valence-electron chi connectivity index (χ0n) is 15.5. The SMILES string of the molecule is CCS(=O)(=O)Nc1ccc(Nc2nc3c(cnn3-c3ccccc3)c(=O)[nH]2)cc1. The van der Waals surface area contributed by atoms with Crippen LogP contribution in [0.1, 0.15) is 6.92 Å². The molecule has 0 atom stereocenters. The topological polar surface area (TPSA) is 122 Å². The Kier molecular flexibility index (Phi) is 4.77. The third-order valence-electron chi connectivity index (χ3n) is 4.24. The van der Waals surface area contributed by atoms with E-state index >= 15 is 0 Å². The number of nitrogens with zero attached hydrogens (tertiary/aromatic N) is 3. The van der Waals surface area contributed by atoms with Crippen molar-refractivity contribution in [1.82, 2.24) is 19.7 Å². The molecule has 10 heteroatoms. The average molecular weight is 410 g/mol. The lowest BCUT2D eigenvalue weighted by Crippen LogP contribution is -2.14. The Morgan fingerprint density at radius 3 is 2.41 bits per heavy atom. The third-order valence-corrected chi connectivity index (χ3v) is 5.55. The summed E-state index contributed by atoms with van der Waals surface area (Å²) in [6, 6.07) is 16.0. The maximum absolute atomic E-state index is 12.4. The normalized spacial score (nSPS) is 11.5. The highest BCUT2D eigenvalue weighted by atomic mass is 32.2. The Bertz CT molecular complexity index is 1310. The molecule has 29 heavy (non-hydrogen) atoms. The smallest absolute Gasteiger partial charge is 0.263 e. The molecular formula is C19H18N6O3S. The van der Waals surface area contributed by atoms with E-state index in [4.69, 9.17) is 0 Å². The van der Waals surface area contributed by atoms with Crippen LogP contribution in [0.5, 0.6) is 0 Å². The number of sulfonamides is 1. The number of rotatable bonds is 6. The number of hydrogen-bond acceptors (Lipinski definition) is 6. The van der Waals surface area contributed by atoms with Crippen LogP contribution >= 0.6 is 0 Å². The molecule has 2 aromatic carbocycles. The lowest BCUT2D eigenvalue weighted by molar-refractivity contribution is 0.602. The van der Waals surface area contributed by atoms with Gasteiger partial charge in [0.25, 0.3) is 5.56 Å². The van der Waals surface area contributed by atoms with Crippen LogP contribution in [-0.4, -0.2) is 33.9 Å². The van der Waals surface area contributed by atoms with E-state index in [2.05, 4.69) is 25.1 Å². The van der Waals surface area contributed by atoms with E-state index in [0.717, 1.165) is 5.69 Å². The highest BCUT2D eigenvalue weighted by Crippen LogP contribution is 2.19. The summed E-state index contributed by atoms with van der Waals surface area (Å²) in [7, 11) is -3.34. The van der Waals surface area contributed by atoms with Gasteiger partial charge in [0.05, 0.1) is 17.6 Å². The van der Waals surface area contributed by atoms with E-state index in [0.29, 0.717) is 22.4 Å². The molecule has 0 fully saturated rings. The number of nitrogens with one attached hydrogen (secondary N) is 3. The van der Waals surface area contributed by atoms with Crippen LogP contribution in [-0.2, 0) is 10.0 Å². The number of hydrogen-bond donors (Lipinski definition) is 3. The summed E-state index contributed by atoms with van der Waals surface area (Å²) in [5.41, 5.74) is 2.00. The maximum Gasteiger partial charge on any atom is 0.263 e. The van der Waals surface area contributed by atoms with Gasteiger partial charge in [-0.05, 0) is 43.3 Å². The van der Waals surface area contributed by atoms with Crippen molar-refractivity contribution in [2.45, 2.75) is 6.92 Å². The molecule has 4 rings (SSSR count). The van der Waals surface area contributed by atoms with Gasteiger partial charge in [-0.25, -0.2) is 13.1 Å². The highest BCUT2D eigenvalue weighted by molar-refractivity contribution is 7.92. The Labute approximate surface area is 166 Å². The summed E-state index contributed by atoms with van der Waals surface area (Å²) in [4.78, 5) is 19.6. The molecule has 0 aliphatic rings. The van der Waals surface area contributed by atoms with Crippen molar-refractivity contribution < 1.29 is 8.42 Å². The molecular weight excluding hydrogens is 392 g/mol. The van der Waals surface area contributed by atoms with E-state index in [1.54, 1.807) is 35.9 Å². The zero-order chi connectivity index (χ0) is 20.4. The van der Waals surface area contributed by atoms with Gasteiger partial charge in [-0.1, -0.05) is 18.2 Å². The second kappa shape index (κ2) is 7.40. The van der Waals surface area contributed by atoms with Crippen molar-refractivity contribution >= 4 is 38.4 Å². The third kappa shape index (κ3) is 3.97. The van der Waals surface area contributed by atoms with Crippen molar-refractivity contribution in [2.24, 2.45) is 0 Å². The monoisotopic (exact) mass is 410 g/mol. The Morgan fingerprint density at radius 2 is 1.72 bits per heavy atom. The van der Waals surface area contributed by atoms with Crippen LogP contribution in [0.3, 0.4) is 0 Å². The summed E-state index contributed by atoms with van der Waals surface area (Å²) < 4.78 is 27.4. The molecule has 0 aliphatic carbocycles. The van der Waals surface area contributed by atoms with Gasteiger partial charge in [0.15, 0.2) is 5.65 Å². The number of aromatic amines is 1. The van der Waals surface area contributed by atoms with Crippen LogP contribution in [0.15, 0.2) is 65.6 Å². The first-order valence-corrected chi connectivity index (χ1v) is 10.5. The second-order valence-electron chi connectivity index (χ2n) is 6.25. The molecule has 0 saturated carbocycles. The number of H-pyrrole nitrogens is 1. The molecule has 3 N–H and O–H groups in total. The first kappa shape index (κ1) is 18.7. The van der Waals surface area contributed by atoms with E-state index in [9.17, 15) is 13.2 Å². The van der Waals surface area contributed by atoms with Crippen molar-refractivity contribution in [2.75, 3.05) is 15.8 Å². The minimum Gasteiger partial charge on any atom is -0.326 e. The Morgan fingerprint density at radius 1 is 1.03 bits per heavy atom. The minimum absolute atomic E-state index is 0.00668. The van der Waals surface area contributed by atoms with Gasteiger partial charge in [0.1, 0.15) is 5.39 Å². The standard InChI is InChI=1S/C19H18N6O3S/c1-2-29(27,28)24-14-10-8-13(9-11-14)21-19-22-17-16(18(26)23-19)12-20-25(17)15-6-4-3-5-7-15/h3-12,24H,2H2,1H3,(H2,21,22,23,26). The molecule has 2 aromatic heterocycles. The van der Waals surface area contributed by atoms with Gasteiger partial charge in [-0.2, -0.15) is 10.1 Å². The molecule has 9 nitrogen and oxygen atoms in total. The van der Waals surface area contributed by atoms with Gasteiger partial charge < -0.3 is 5.32 Å². The second-order valence-corrected chi connectivity index (χ2v) is 8.26. The fourth-order valence-electron chi connectivity index (χ4n) is 2.75. The Hall–Kier alpha value is -3.66. The number of benzene rings is 2. The molecule has 0 saturated heterocycles. The number of aromatic nitrogens is 4. The van der Waals surface area contributed by atoms with Gasteiger partial charge in [-0.3, -0.25) is 14.5 Å². The van der Waals surface area contributed by atoms with Crippen LogP contribution < -0.4 is 15.6 Å².